The number of piperidine rings is 1. The van der Waals surface area contributed by atoms with Gasteiger partial charge in [0.25, 0.3) is 0 Å². The van der Waals surface area contributed by atoms with Crippen LogP contribution in [0.2, 0.25) is 0 Å². The van der Waals surface area contributed by atoms with Gasteiger partial charge in [-0.25, -0.2) is 4.98 Å². The SMILES string of the molecule is Cc1nc2c(C)cccn2c1CC(=O)N1CCCCC1C. The van der Waals surface area contributed by atoms with Gasteiger partial charge in [-0.1, -0.05) is 6.07 Å². The molecule has 4 heteroatoms. The molecule has 0 bridgehead atoms. The number of hydrogen-bond donors (Lipinski definition) is 0. The lowest BCUT2D eigenvalue weighted by molar-refractivity contribution is -0.133. The monoisotopic (exact) mass is 285 g/mol. The van der Waals surface area contributed by atoms with E-state index in [2.05, 4.69) is 29.3 Å². The number of pyridine rings is 1. The van der Waals surface area contributed by atoms with Crippen LogP contribution in [0.1, 0.15) is 43.1 Å². The van der Waals surface area contributed by atoms with Crippen molar-refractivity contribution in [3.63, 3.8) is 0 Å². The van der Waals surface area contributed by atoms with Crippen molar-refractivity contribution < 1.29 is 4.79 Å². The minimum Gasteiger partial charge on any atom is -0.340 e. The Balaban J connectivity index is 1.89. The van der Waals surface area contributed by atoms with Gasteiger partial charge in [-0.2, -0.15) is 0 Å². The summed E-state index contributed by atoms with van der Waals surface area (Å²) in [6, 6.07) is 4.44. The second kappa shape index (κ2) is 5.51. The number of amides is 1. The van der Waals surface area contributed by atoms with E-state index in [9.17, 15) is 4.79 Å². The van der Waals surface area contributed by atoms with E-state index in [0.717, 1.165) is 42.0 Å². The first-order valence-electron chi connectivity index (χ1n) is 7.80. The van der Waals surface area contributed by atoms with Gasteiger partial charge in [0.1, 0.15) is 5.65 Å². The van der Waals surface area contributed by atoms with Crippen LogP contribution in [0.5, 0.6) is 0 Å². The summed E-state index contributed by atoms with van der Waals surface area (Å²) in [6.45, 7) is 7.10. The van der Waals surface area contributed by atoms with Gasteiger partial charge in [0.15, 0.2) is 0 Å². The van der Waals surface area contributed by atoms with Gasteiger partial charge in [0.05, 0.1) is 17.8 Å². The average Bonchev–Trinajstić information content (AvgIpc) is 2.78. The van der Waals surface area contributed by atoms with Gasteiger partial charge >= 0.3 is 0 Å². The number of fused-ring (bicyclic) bond motifs is 1. The van der Waals surface area contributed by atoms with Crippen LogP contribution in [0.15, 0.2) is 18.3 Å². The molecule has 3 rings (SSSR count). The molecule has 0 spiro atoms. The fraction of sp³-hybridized carbons (Fsp3) is 0.529. The van der Waals surface area contributed by atoms with Crippen molar-refractivity contribution in [2.24, 2.45) is 0 Å². The first kappa shape index (κ1) is 14.1. The molecule has 0 radical (unpaired) electrons. The lowest BCUT2D eigenvalue weighted by Gasteiger charge is -2.33. The third-order valence-electron chi connectivity index (χ3n) is 4.59. The highest BCUT2D eigenvalue weighted by Gasteiger charge is 2.24. The number of likely N-dealkylation sites (tertiary alicyclic amines) is 1. The van der Waals surface area contributed by atoms with E-state index in [1.165, 1.54) is 6.42 Å². The first-order valence-corrected chi connectivity index (χ1v) is 7.80. The maximum absolute atomic E-state index is 12.6. The minimum atomic E-state index is 0.230. The number of aryl methyl sites for hydroxylation is 2. The maximum atomic E-state index is 12.6. The number of nitrogens with zero attached hydrogens (tertiary/aromatic N) is 3. The molecule has 112 valence electrons. The molecule has 1 aliphatic heterocycles. The number of aromatic nitrogens is 2. The number of carbonyl (C=O) groups excluding carboxylic acids is 1. The zero-order valence-electron chi connectivity index (χ0n) is 13.1. The van der Waals surface area contributed by atoms with Crippen molar-refractivity contribution in [1.29, 1.82) is 0 Å². The summed E-state index contributed by atoms with van der Waals surface area (Å²) >= 11 is 0. The van der Waals surface area contributed by atoms with Crippen LogP contribution >= 0.6 is 0 Å². The highest BCUT2D eigenvalue weighted by Crippen LogP contribution is 2.20. The van der Waals surface area contributed by atoms with Crippen LogP contribution in [-0.4, -0.2) is 32.8 Å². The second-order valence-electron chi connectivity index (χ2n) is 6.14. The predicted molar refractivity (Wildman–Crippen MR) is 83.4 cm³/mol. The van der Waals surface area contributed by atoms with Crippen molar-refractivity contribution in [3.05, 3.63) is 35.3 Å². The van der Waals surface area contributed by atoms with Crippen LogP contribution in [0.25, 0.3) is 5.65 Å². The molecular weight excluding hydrogens is 262 g/mol. The normalized spacial score (nSPS) is 19.2. The Morgan fingerprint density at radius 3 is 2.95 bits per heavy atom. The zero-order valence-corrected chi connectivity index (χ0v) is 13.1. The fourth-order valence-corrected chi connectivity index (χ4v) is 3.29. The van der Waals surface area contributed by atoms with Gasteiger partial charge in [-0.05, 0) is 51.7 Å². The molecule has 2 aromatic rings. The molecule has 1 aliphatic rings. The molecule has 1 saturated heterocycles. The summed E-state index contributed by atoms with van der Waals surface area (Å²) in [4.78, 5) is 19.3. The molecule has 0 aromatic carbocycles. The zero-order chi connectivity index (χ0) is 15.0. The standard InChI is InChI=1S/C17H23N3O/c1-12-7-6-10-20-15(14(3)18-17(12)20)11-16(21)19-9-5-4-8-13(19)2/h6-7,10,13H,4-5,8-9,11H2,1-3H3. The lowest BCUT2D eigenvalue weighted by atomic mass is 10.0. The molecule has 1 fully saturated rings. The molecular formula is C17H23N3O. The average molecular weight is 285 g/mol. The summed E-state index contributed by atoms with van der Waals surface area (Å²) in [5.74, 6) is 0.230. The summed E-state index contributed by atoms with van der Waals surface area (Å²) in [7, 11) is 0. The third-order valence-corrected chi connectivity index (χ3v) is 4.59. The van der Waals surface area contributed by atoms with E-state index in [-0.39, 0.29) is 5.91 Å². The quantitative estimate of drug-likeness (QED) is 0.851. The number of hydrogen-bond acceptors (Lipinski definition) is 2. The largest absolute Gasteiger partial charge is 0.340 e. The van der Waals surface area contributed by atoms with Crippen LogP contribution in [0, 0.1) is 13.8 Å². The third kappa shape index (κ3) is 2.55. The van der Waals surface area contributed by atoms with E-state index < -0.39 is 0 Å². The summed E-state index contributed by atoms with van der Waals surface area (Å²) in [5, 5.41) is 0. The molecule has 1 amide bonds. The van der Waals surface area contributed by atoms with Crippen LogP contribution < -0.4 is 0 Å². The van der Waals surface area contributed by atoms with Crippen molar-refractivity contribution in [1.82, 2.24) is 14.3 Å². The Morgan fingerprint density at radius 1 is 1.38 bits per heavy atom. The van der Waals surface area contributed by atoms with Gasteiger partial charge in [-0.3, -0.25) is 4.79 Å². The molecule has 0 aliphatic carbocycles. The van der Waals surface area contributed by atoms with Crippen molar-refractivity contribution >= 4 is 11.6 Å². The van der Waals surface area contributed by atoms with E-state index in [4.69, 9.17) is 0 Å². The Kier molecular flexibility index (Phi) is 3.70. The fourth-order valence-electron chi connectivity index (χ4n) is 3.29. The summed E-state index contributed by atoms with van der Waals surface area (Å²) in [5.41, 5.74) is 4.09. The van der Waals surface area contributed by atoms with Gasteiger partial charge in [-0.15, -0.1) is 0 Å². The molecule has 3 heterocycles. The lowest BCUT2D eigenvalue weighted by Crippen LogP contribution is -2.43. The molecule has 0 saturated carbocycles. The summed E-state index contributed by atoms with van der Waals surface area (Å²) in [6.07, 6.45) is 5.93. The highest BCUT2D eigenvalue weighted by atomic mass is 16.2. The number of carbonyl (C=O) groups is 1. The molecule has 21 heavy (non-hydrogen) atoms. The second-order valence-corrected chi connectivity index (χ2v) is 6.14. The van der Waals surface area contributed by atoms with Crippen molar-refractivity contribution in [2.75, 3.05) is 6.54 Å². The Morgan fingerprint density at radius 2 is 2.19 bits per heavy atom. The van der Waals surface area contributed by atoms with Crippen molar-refractivity contribution in [3.8, 4) is 0 Å². The van der Waals surface area contributed by atoms with E-state index >= 15 is 0 Å². The Labute approximate surface area is 125 Å². The Hall–Kier alpha value is -1.84. The van der Waals surface area contributed by atoms with Gasteiger partial charge in [0, 0.05) is 18.8 Å². The maximum Gasteiger partial charge on any atom is 0.228 e. The topological polar surface area (TPSA) is 37.6 Å². The van der Waals surface area contributed by atoms with Crippen LogP contribution in [0.3, 0.4) is 0 Å². The van der Waals surface area contributed by atoms with E-state index in [1.807, 2.05) is 24.1 Å². The van der Waals surface area contributed by atoms with Crippen molar-refractivity contribution in [2.45, 2.75) is 52.5 Å². The summed E-state index contributed by atoms with van der Waals surface area (Å²) < 4.78 is 2.07. The predicted octanol–water partition coefficient (Wildman–Crippen LogP) is 2.89. The minimum absolute atomic E-state index is 0.230. The highest BCUT2D eigenvalue weighted by molar-refractivity contribution is 5.79. The van der Waals surface area contributed by atoms with E-state index in [0.29, 0.717) is 12.5 Å². The molecule has 1 atom stereocenters. The smallest absolute Gasteiger partial charge is 0.228 e. The van der Waals surface area contributed by atoms with Crippen LogP contribution in [-0.2, 0) is 11.2 Å². The van der Waals surface area contributed by atoms with Gasteiger partial charge < -0.3 is 9.30 Å². The number of rotatable bonds is 2. The van der Waals surface area contributed by atoms with E-state index in [1.54, 1.807) is 0 Å². The van der Waals surface area contributed by atoms with Crippen LogP contribution in [0.4, 0.5) is 0 Å². The molecule has 0 N–H and O–H groups in total. The Bertz CT molecular complexity index is 674. The van der Waals surface area contributed by atoms with Gasteiger partial charge in [0.2, 0.25) is 5.91 Å². The molecule has 2 aromatic heterocycles. The molecule has 4 nitrogen and oxygen atoms in total. The molecule has 1 unspecified atom stereocenters. The first-order chi connectivity index (χ1) is 10.1. The number of imidazole rings is 1.